The maximum absolute atomic E-state index is 11.3. The third-order valence-electron chi connectivity index (χ3n) is 2.81. The van der Waals surface area contributed by atoms with Crippen LogP contribution in [0.25, 0.3) is 0 Å². The summed E-state index contributed by atoms with van der Waals surface area (Å²) in [7, 11) is -3.09. The molecule has 1 aromatic rings. The van der Waals surface area contributed by atoms with Gasteiger partial charge in [0.2, 0.25) is 0 Å². The molecule has 0 unspecified atom stereocenters. The molecule has 0 aliphatic heterocycles. The zero-order valence-electron chi connectivity index (χ0n) is 11.8. The topological polar surface area (TPSA) is 58.2 Å². The summed E-state index contributed by atoms with van der Waals surface area (Å²) in [5, 5.41) is 6.70. The van der Waals surface area contributed by atoms with E-state index >= 15 is 0 Å². The van der Waals surface area contributed by atoms with Crippen molar-refractivity contribution in [3.05, 3.63) is 29.8 Å². The monoisotopic (exact) mass is 284 g/mol. The minimum Gasteiger partial charge on any atom is -0.317 e. The summed E-state index contributed by atoms with van der Waals surface area (Å²) in [6.07, 6.45) is 3.49. The minimum atomic E-state index is -3.09. The van der Waals surface area contributed by atoms with Crippen LogP contribution in [0.3, 0.4) is 0 Å². The van der Waals surface area contributed by atoms with Gasteiger partial charge in [-0.1, -0.05) is 19.1 Å². The first-order valence-electron chi connectivity index (χ1n) is 6.74. The predicted octanol–water partition coefficient (Wildman–Crippen LogP) is 1.57. The van der Waals surface area contributed by atoms with E-state index in [1.807, 2.05) is 12.1 Å². The summed E-state index contributed by atoms with van der Waals surface area (Å²) >= 11 is 0. The lowest BCUT2D eigenvalue weighted by Crippen LogP contribution is -2.22. The lowest BCUT2D eigenvalue weighted by atomic mass is 10.2. The number of sulfone groups is 1. The standard InChI is InChI=1S/C14H24N2O2S/c1-3-9-15-10-4-11-16-12-13-5-7-14(8-6-13)19(2,17)18/h5-8,15-16H,3-4,9-12H2,1-2H3. The Hall–Kier alpha value is -0.910. The number of hydrogen-bond acceptors (Lipinski definition) is 4. The normalized spacial score (nSPS) is 11.7. The van der Waals surface area contributed by atoms with Crippen LogP contribution in [0.15, 0.2) is 29.2 Å². The van der Waals surface area contributed by atoms with Gasteiger partial charge in [0.25, 0.3) is 0 Å². The zero-order valence-corrected chi connectivity index (χ0v) is 12.6. The smallest absolute Gasteiger partial charge is 0.175 e. The van der Waals surface area contributed by atoms with Crippen molar-refractivity contribution < 1.29 is 8.42 Å². The fourth-order valence-electron chi connectivity index (χ4n) is 1.73. The second-order valence-electron chi connectivity index (χ2n) is 4.70. The predicted molar refractivity (Wildman–Crippen MR) is 79.0 cm³/mol. The SMILES string of the molecule is CCCNCCCNCc1ccc(S(C)(=O)=O)cc1. The number of nitrogens with one attached hydrogen (secondary N) is 2. The molecule has 0 saturated heterocycles. The maximum atomic E-state index is 11.3. The maximum Gasteiger partial charge on any atom is 0.175 e. The van der Waals surface area contributed by atoms with Crippen LogP contribution in [-0.2, 0) is 16.4 Å². The van der Waals surface area contributed by atoms with Crippen LogP contribution < -0.4 is 10.6 Å². The van der Waals surface area contributed by atoms with Gasteiger partial charge in [-0.05, 0) is 50.2 Å². The van der Waals surface area contributed by atoms with Gasteiger partial charge in [-0.2, -0.15) is 0 Å². The summed E-state index contributed by atoms with van der Waals surface area (Å²) in [5.74, 6) is 0. The molecule has 0 heterocycles. The first kappa shape index (κ1) is 16.1. The molecule has 1 rings (SSSR count). The Morgan fingerprint density at radius 2 is 1.63 bits per heavy atom. The lowest BCUT2D eigenvalue weighted by Gasteiger charge is -2.06. The Bertz CT molecular complexity index is 455. The van der Waals surface area contributed by atoms with Gasteiger partial charge in [-0.15, -0.1) is 0 Å². The van der Waals surface area contributed by atoms with Gasteiger partial charge in [0.05, 0.1) is 4.90 Å². The summed E-state index contributed by atoms with van der Waals surface area (Å²) in [6.45, 7) is 6.01. The van der Waals surface area contributed by atoms with Crippen LogP contribution in [0.4, 0.5) is 0 Å². The Labute approximate surface area is 116 Å². The van der Waals surface area contributed by atoms with E-state index in [9.17, 15) is 8.42 Å². The largest absolute Gasteiger partial charge is 0.317 e. The Morgan fingerprint density at radius 3 is 2.21 bits per heavy atom. The molecule has 4 nitrogen and oxygen atoms in total. The molecule has 0 radical (unpaired) electrons. The lowest BCUT2D eigenvalue weighted by molar-refractivity contribution is 0.592. The highest BCUT2D eigenvalue weighted by atomic mass is 32.2. The van der Waals surface area contributed by atoms with E-state index in [1.54, 1.807) is 12.1 Å². The first-order chi connectivity index (χ1) is 9.04. The highest BCUT2D eigenvalue weighted by molar-refractivity contribution is 7.90. The van der Waals surface area contributed by atoms with Crippen molar-refractivity contribution in [3.63, 3.8) is 0 Å². The van der Waals surface area contributed by atoms with Crippen molar-refractivity contribution in [2.75, 3.05) is 25.9 Å². The van der Waals surface area contributed by atoms with Crippen molar-refractivity contribution in [1.82, 2.24) is 10.6 Å². The molecular weight excluding hydrogens is 260 g/mol. The van der Waals surface area contributed by atoms with E-state index < -0.39 is 9.84 Å². The Kier molecular flexibility index (Phi) is 7.05. The molecule has 2 N–H and O–H groups in total. The molecule has 0 saturated carbocycles. The van der Waals surface area contributed by atoms with Crippen molar-refractivity contribution in [3.8, 4) is 0 Å². The minimum absolute atomic E-state index is 0.375. The number of hydrogen-bond donors (Lipinski definition) is 2. The molecule has 108 valence electrons. The second-order valence-corrected chi connectivity index (χ2v) is 6.71. The van der Waals surface area contributed by atoms with Crippen LogP contribution in [-0.4, -0.2) is 34.3 Å². The van der Waals surface area contributed by atoms with Crippen molar-refractivity contribution >= 4 is 9.84 Å². The highest BCUT2D eigenvalue weighted by Gasteiger charge is 2.05. The van der Waals surface area contributed by atoms with Gasteiger partial charge in [-0.25, -0.2) is 8.42 Å². The van der Waals surface area contributed by atoms with Crippen LogP contribution in [0.1, 0.15) is 25.3 Å². The summed E-state index contributed by atoms with van der Waals surface area (Å²) < 4.78 is 22.6. The number of rotatable bonds is 9. The van der Waals surface area contributed by atoms with E-state index in [0.717, 1.165) is 38.2 Å². The summed E-state index contributed by atoms with van der Waals surface area (Å²) in [6, 6.07) is 7.04. The van der Waals surface area contributed by atoms with E-state index in [4.69, 9.17) is 0 Å². The molecular formula is C14H24N2O2S. The Morgan fingerprint density at radius 1 is 1.00 bits per heavy atom. The summed E-state index contributed by atoms with van der Waals surface area (Å²) in [5.41, 5.74) is 1.11. The zero-order chi connectivity index (χ0) is 14.1. The van der Waals surface area contributed by atoms with Gasteiger partial charge >= 0.3 is 0 Å². The van der Waals surface area contributed by atoms with Crippen molar-refractivity contribution in [2.24, 2.45) is 0 Å². The van der Waals surface area contributed by atoms with Crippen LogP contribution >= 0.6 is 0 Å². The highest BCUT2D eigenvalue weighted by Crippen LogP contribution is 2.09. The average molecular weight is 284 g/mol. The molecule has 0 aromatic heterocycles. The van der Waals surface area contributed by atoms with E-state index in [-0.39, 0.29) is 0 Å². The van der Waals surface area contributed by atoms with Crippen molar-refractivity contribution in [1.29, 1.82) is 0 Å². The van der Waals surface area contributed by atoms with E-state index in [0.29, 0.717) is 4.90 Å². The van der Waals surface area contributed by atoms with Crippen molar-refractivity contribution in [2.45, 2.75) is 31.2 Å². The molecule has 0 aliphatic rings. The van der Waals surface area contributed by atoms with Gasteiger partial charge in [0, 0.05) is 12.8 Å². The Balaban J connectivity index is 2.23. The first-order valence-corrected chi connectivity index (χ1v) is 8.63. The van der Waals surface area contributed by atoms with Gasteiger partial charge in [-0.3, -0.25) is 0 Å². The van der Waals surface area contributed by atoms with Crippen LogP contribution in [0.5, 0.6) is 0 Å². The van der Waals surface area contributed by atoms with E-state index in [2.05, 4.69) is 17.6 Å². The molecule has 0 aliphatic carbocycles. The second kappa shape index (κ2) is 8.30. The fourth-order valence-corrected chi connectivity index (χ4v) is 2.36. The molecule has 0 bridgehead atoms. The quantitative estimate of drug-likeness (QED) is 0.676. The van der Waals surface area contributed by atoms with Gasteiger partial charge in [0.1, 0.15) is 0 Å². The molecule has 0 atom stereocenters. The molecule has 0 spiro atoms. The average Bonchev–Trinajstić information content (AvgIpc) is 2.37. The molecule has 0 amide bonds. The molecule has 1 aromatic carbocycles. The molecule has 5 heteroatoms. The van der Waals surface area contributed by atoms with Crippen LogP contribution in [0, 0.1) is 0 Å². The number of benzene rings is 1. The third kappa shape index (κ3) is 6.71. The third-order valence-corrected chi connectivity index (χ3v) is 3.94. The molecule has 19 heavy (non-hydrogen) atoms. The van der Waals surface area contributed by atoms with Gasteiger partial charge < -0.3 is 10.6 Å². The van der Waals surface area contributed by atoms with E-state index in [1.165, 1.54) is 12.7 Å². The summed E-state index contributed by atoms with van der Waals surface area (Å²) in [4.78, 5) is 0.375. The van der Waals surface area contributed by atoms with Crippen LogP contribution in [0.2, 0.25) is 0 Å². The fraction of sp³-hybridized carbons (Fsp3) is 0.571. The van der Waals surface area contributed by atoms with Gasteiger partial charge in [0.15, 0.2) is 9.84 Å². The molecule has 0 fully saturated rings.